The van der Waals surface area contributed by atoms with Crippen LogP contribution in [0, 0.1) is 0 Å². The number of amides is 1. The van der Waals surface area contributed by atoms with E-state index in [1.165, 1.54) is 10.9 Å². The lowest BCUT2D eigenvalue weighted by atomic mass is 10.2. The standard InChI is InChI=1S/C18H19N3O4/c1-24-10-8-20(11-14-5-4-9-25-14)17(22)12-21-13-19-16-7-3-2-6-15(16)18(21)23/h2-7,9,13H,8,10-12H2,1H3. The summed E-state index contributed by atoms with van der Waals surface area (Å²) in [5.74, 6) is 0.473. The smallest absolute Gasteiger partial charge is 0.261 e. The number of nitrogens with zero attached hydrogens (tertiary/aromatic N) is 3. The zero-order chi connectivity index (χ0) is 17.6. The van der Waals surface area contributed by atoms with Crippen molar-refractivity contribution in [3.8, 4) is 0 Å². The number of hydrogen-bond acceptors (Lipinski definition) is 5. The number of rotatable bonds is 7. The molecule has 0 aliphatic heterocycles. The van der Waals surface area contributed by atoms with Crippen LogP contribution < -0.4 is 5.56 Å². The van der Waals surface area contributed by atoms with Crippen molar-refractivity contribution in [3.63, 3.8) is 0 Å². The summed E-state index contributed by atoms with van der Waals surface area (Å²) in [7, 11) is 1.58. The molecule has 2 aromatic heterocycles. The average molecular weight is 341 g/mol. The number of aromatic nitrogens is 2. The summed E-state index contributed by atoms with van der Waals surface area (Å²) in [6, 6.07) is 10.6. The topological polar surface area (TPSA) is 77.6 Å². The molecule has 7 heteroatoms. The van der Waals surface area contributed by atoms with Crippen molar-refractivity contribution < 1.29 is 13.9 Å². The Balaban J connectivity index is 1.80. The highest BCUT2D eigenvalue weighted by atomic mass is 16.5. The van der Waals surface area contributed by atoms with Gasteiger partial charge in [0.25, 0.3) is 5.56 Å². The van der Waals surface area contributed by atoms with Crippen LogP contribution in [-0.2, 0) is 22.6 Å². The zero-order valence-electron chi connectivity index (χ0n) is 13.9. The van der Waals surface area contributed by atoms with Crippen LogP contribution in [0.3, 0.4) is 0 Å². The van der Waals surface area contributed by atoms with Gasteiger partial charge < -0.3 is 14.1 Å². The Labute approximate surface area is 144 Å². The Kier molecular flexibility index (Phi) is 5.25. The van der Waals surface area contributed by atoms with Crippen LogP contribution in [0.1, 0.15) is 5.76 Å². The van der Waals surface area contributed by atoms with Gasteiger partial charge in [-0.25, -0.2) is 4.98 Å². The SMILES string of the molecule is COCCN(Cc1ccco1)C(=O)Cn1cnc2ccccc2c1=O. The number of benzene rings is 1. The molecule has 0 radical (unpaired) electrons. The molecular formula is C18H19N3O4. The fourth-order valence-electron chi connectivity index (χ4n) is 2.55. The fourth-order valence-corrected chi connectivity index (χ4v) is 2.55. The number of carbonyl (C=O) groups excluding carboxylic acids is 1. The molecule has 0 aliphatic rings. The minimum atomic E-state index is -0.233. The molecule has 3 aromatic rings. The number of carbonyl (C=O) groups is 1. The fraction of sp³-hybridized carbons (Fsp3) is 0.278. The van der Waals surface area contributed by atoms with Gasteiger partial charge in [-0.15, -0.1) is 0 Å². The predicted octanol–water partition coefficient (Wildman–Crippen LogP) is 1.66. The second-order valence-corrected chi connectivity index (χ2v) is 5.58. The summed E-state index contributed by atoms with van der Waals surface area (Å²) in [6.45, 7) is 1.05. The van der Waals surface area contributed by atoms with E-state index in [4.69, 9.17) is 9.15 Å². The number of ether oxygens (including phenoxy) is 1. The minimum Gasteiger partial charge on any atom is -0.467 e. The van der Waals surface area contributed by atoms with E-state index in [2.05, 4.69) is 4.98 Å². The molecule has 0 fully saturated rings. The molecule has 0 aliphatic carbocycles. The molecule has 1 amide bonds. The first kappa shape index (κ1) is 16.9. The largest absolute Gasteiger partial charge is 0.467 e. The molecule has 0 saturated carbocycles. The van der Waals surface area contributed by atoms with Crippen molar-refractivity contribution in [2.75, 3.05) is 20.3 Å². The molecule has 7 nitrogen and oxygen atoms in total. The summed E-state index contributed by atoms with van der Waals surface area (Å²) in [4.78, 5) is 31.0. The van der Waals surface area contributed by atoms with Crippen molar-refractivity contribution in [1.82, 2.24) is 14.5 Å². The van der Waals surface area contributed by atoms with Crippen LogP contribution in [0.2, 0.25) is 0 Å². The van der Waals surface area contributed by atoms with Crippen LogP contribution in [0.4, 0.5) is 0 Å². The van der Waals surface area contributed by atoms with Crippen molar-refractivity contribution in [2.24, 2.45) is 0 Å². The van der Waals surface area contributed by atoms with Gasteiger partial charge in [0.1, 0.15) is 12.3 Å². The number of furan rings is 1. The highest BCUT2D eigenvalue weighted by Crippen LogP contribution is 2.08. The first-order valence-corrected chi connectivity index (χ1v) is 7.92. The van der Waals surface area contributed by atoms with Gasteiger partial charge in [0, 0.05) is 13.7 Å². The summed E-state index contributed by atoms with van der Waals surface area (Å²) in [5.41, 5.74) is 0.381. The lowest BCUT2D eigenvalue weighted by Gasteiger charge is -2.21. The number of fused-ring (bicyclic) bond motifs is 1. The average Bonchev–Trinajstić information content (AvgIpc) is 3.14. The molecule has 3 rings (SSSR count). The summed E-state index contributed by atoms with van der Waals surface area (Å²) in [6.07, 6.45) is 2.97. The molecule has 0 N–H and O–H groups in total. The first-order valence-electron chi connectivity index (χ1n) is 7.92. The third-order valence-electron chi connectivity index (χ3n) is 3.88. The Morgan fingerprint density at radius 1 is 1.28 bits per heavy atom. The van der Waals surface area contributed by atoms with Gasteiger partial charge in [0.05, 0.1) is 36.6 Å². The molecule has 0 unspecified atom stereocenters. The number of para-hydroxylation sites is 1. The summed E-state index contributed by atoms with van der Waals surface area (Å²) < 4.78 is 11.7. The van der Waals surface area contributed by atoms with E-state index in [1.54, 1.807) is 48.6 Å². The normalized spacial score (nSPS) is 10.9. The monoisotopic (exact) mass is 341 g/mol. The molecule has 0 saturated heterocycles. The Hall–Kier alpha value is -2.93. The van der Waals surface area contributed by atoms with Gasteiger partial charge in [0.15, 0.2) is 0 Å². The van der Waals surface area contributed by atoms with E-state index in [0.29, 0.717) is 36.4 Å². The predicted molar refractivity (Wildman–Crippen MR) is 92.0 cm³/mol. The molecule has 1 aromatic carbocycles. The highest BCUT2D eigenvalue weighted by Gasteiger charge is 2.17. The highest BCUT2D eigenvalue weighted by molar-refractivity contribution is 5.79. The lowest BCUT2D eigenvalue weighted by molar-refractivity contribution is -0.133. The maximum atomic E-state index is 12.7. The Bertz CT molecular complexity index is 902. The second kappa shape index (κ2) is 7.76. The van der Waals surface area contributed by atoms with Gasteiger partial charge >= 0.3 is 0 Å². The molecule has 25 heavy (non-hydrogen) atoms. The maximum Gasteiger partial charge on any atom is 0.261 e. The van der Waals surface area contributed by atoms with Crippen LogP contribution in [0.15, 0.2) is 58.2 Å². The van der Waals surface area contributed by atoms with E-state index < -0.39 is 0 Å². The quantitative estimate of drug-likeness (QED) is 0.653. The number of methoxy groups -OCH3 is 1. The maximum absolute atomic E-state index is 12.7. The first-order chi connectivity index (χ1) is 12.2. The molecular weight excluding hydrogens is 322 g/mol. The van der Waals surface area contributed by atoms with Crippen molar-refractivity contribution in [2.45, 2.75) is 13.1 Å². The Morgan fingerprint density at radius 2 is 2.12 bits per heavy atom. The van der Waals surface area contributed by atoms with E-state index in [0.717, 1.165) is 0 Å². The molecule has 130 valence electrons. The molecule has 2 heterocycles. The van der Waals surface area contributed by atoms with E-state index in [9.17, 15) is 9.59 Å². The van der Waals surface area contributed by atoms with Gasteiger partial charge in [-0.3, -0.25) is 14.2 Å². The second-order valence-electron chi connectivity index (χ2n) is 5.58. The lowest BCUT2D eigenvalue weighted by Crippen LogP contribution is -2.38. The number of hydrogen-bond donors (Lipinski definition) is 0. The van der Waals surface area contributed by atoms with Crippen LogP contribution in [0.5, 0.6) is 0 Å². The van der Waals surface area contributed by atoms with Crippen LogP contribution >= 0.6 is 0 Å². The van der Waals surface area contributed by atoms with Gasteiger partial charge in [-0.1, -0.05) is 12.1 Å². The van der Waals surface area contributed by atoms with E-state index in [-0.39, 0.29) is 18.0 Å². The summed E-state index contributed by atoms with van der Waals surface area (Å²) >= 11 is 0. The van der Waals surface area contributed by atoms with Crippen molar-refractivity contribution >= 4 is 16.8 Å². The van der Waals surface area contributed by atoms with Gasteiger partial charge in [-0.05, 0) is 24.3 Å². The third kappa shape index (κ3) is 3.95. The third-order valence-corrected chi connectivity index (χ3v) is 3.88. The van der Waals surface area contributed by atoms with Crippen molar-refractivity contribution in [1.29, 1.82) is 0 Å². The van der Waals surface area contributed by atoms with Gasteiger partial charge in [-0.2, -0.15) is 0 Å². The van der Waals surface area contributed by atoms with Crippen LogP contribution in [0.25, 0.3) is 10.9 Å². The Morgan fingerprint density at radius 3 is 2.88 bits per heavy atom. The molecule has 0 spiro atoms. The molecule has 0 atom stereocenters. The zero-order valence-corrected chi connectivity index (χ0v) is 13.9. The minimum absolute atomic E-state index is 0.0823. The van der Waals surface area contributed by atoms with Crippen LogP contribution in [-0.4, -0.2) is 40.6 Å². The van der Waals surface area contributed by atoms with Gasteiger partial charge in [0.2, 0.25) is 5.91 Å². The van der Waals surface area contributed by atoms with Crippen molar-refractivity contribution in [3.05, 3.63) is 65.1 Å². The summed E-state index contributed by atoms with van der Waals surface area (Å²) in [5, 5.41) is 0.493. The molecule has 0 bridgehead atoms. The van der Waals surface area contributed by atoms with E-state index >= 15 is 0 Å². The van der Waals surface area contributed by atoms with E-state index in [1.807, 2.05) is 6.07 Å².